The highest BCUT2D eigenvalue weighted by Gasteiger charge is 2.26. The first-order valence-electron chi connectivity index (χ1n) is 9.70. The van der Waals surface area contributed by atoms with Crippen LogP contribution in [0, 0.1) is 19.7 Å². The van der Waals surface area contributed by atoms with Gasteiger partial charge in [-0.1, -0.05) is 11.3 Å². The van der Waals surface area contributed by atoms with Crippen molar-refractivity contribution in [2.75, 3.05) is 25.0 Å². The SMILES string of the molecule is Cc1cc(C)cc(NC(=O)C[NH+]2CCC(n3nnc4cc(F)ccc43)CC2)c1. The van der Waals surface area contributed by atoms with Crippen LogP contribution in [0.2, 0.25) is 0 Å². The number of quaternary nitrogens is 1. The number of aromatic nitrogens is 3. The number of nitrogens with zero attached hydrogens (tertiary/aromatic N) is 3. The zero-order valence-corrected chi connectivity index (χ0v) is 16.2. The van der Waals surface area contributed by atoms with Crippen LogP contribution in [0.4, 0.5) is 10.1 Å². The summed E-state index contributed by atoms with van der Waals surface area (Å²) in [6.07, 6.45) is 1.84. The smallest absolute Gasteiger partial charge is 0.279 e. The van der Waals surface area contributed by atoms with E-state index < -0.39 is 0 Å². The molecule has 4 rings (SSSR count). The Kier molecular flexibility index (Phi) is 5.09. The van der Waals surface area contributed by atoms with Crippen LogP contribution >= 0.6 is 0 Å². The molecular weight excluding hydrogens is 357 g/mol. The summed E-state index contributed by atoms with van der Waals surface area (Å²) in [7, 11) is 0. The number of benzene rings is 2. The minimum absolute atomic E-state index is 0.0418. The van der Waals surface area contributed by atoms with E-state index >= 15 is 0 Å². The molecule has 0 aliphatic carbocycles. The molecule has 0 saturated carbocycles. The molecule has 2 N–H and O–H groups in total. The third kappa shape index (κ3) is 4.04. The molecule has 146 valence electrons. The van der Waals surface area contributed by atoms with Crippen LogP contribution in [0.1, 0.15) is 30.0 Å². The van der Waals surface area contributed by atoms with Crippen molar-refractivity contribution in [2.45, 2.75) is 32.7 Å². The summed E-state index contributed by atoms with van der Waals surface area (Å²) >= 11 is 0. The Morgan fingerprint density at radius 3 is 2.61 bits per heavy atom. The second kappa shape index (κ2) is 7.67. The zero-order valence-electron chi connectivity index (χ0n) is 16.2. The molecule has 0 spiro atoms. The van der Waals surface area contributed by atoms with Gasteiger partial charge in [0.2, 0.25) is 0 Å². The van der Waals surface area contributed by atoms with Gasteiger partial charge in [-0.2, -0.15) is 0 Å². The second-order valence-corrected chi connectivity index (χ2v) is 7.75. The second-order valence-electron chi connectivity index (χ2n) is 7.75. The molecule has 2 aromatic carbocycles. The number of halogens is 1. The monoisotopic (exact) mass is 382 g/mol. The first kappa shape index (κ1) is 18.6. The molecule has 1 saturated heterocycles. The minimum atomic E-state index is -0.298. The molecule has 1 fully saturated rings. The van der Waals surface area contributed by atoms with Crippen LogP contribution in [0.25, 0.3) is 11.0 Å². The fourth-order valence-corrected chi connectivity index (χ4v) is 4.10. The van der Waals surface area contributed by atoms with Crippen molar-refractivity contribution in [3.63, 3.8) is 0 Å². The van der Waals surface area contributed by atoms with Gasteiger partial charge in [-0.15, -0.1) is 5.10 Å². The van der Waals surface area contributed by atoms with E-state index in [-0.39, 0.29) is 17.8 Å². The van der Waals surface area contributed by atoms with Crippen molar-refractivity contribution in [3.8, 4) is 0 Å². The molecule has 0 radical (unpaired) electrons. The molecule has 1 amide bonds. The number of anilines is 1. The van der Waals surface area contributed by atoms with Crippen LogP contribution in [-0.4, -0.2) is 40.5 Å². The van der Waals surface area contributed by atoms with Crippen molar-refractivity contribution >= 4 is 22.6 Å². The van der Waals surface area contributed by atoms with E-state index in [0.717, 1.165) is 48.3 Å². The van der Waals surface area contributed by atoms with Crippen molar-refractivity contribution in [3.05, 3.63) is 53.3 Å². The summed E-state index contributed by atoms with van der Waals surface area (Å²) in [6, 6.07) is 10.9. The highest BCUT2D eigenvalue weighted by atomic mass is 19.1. The molecule has 2 heterocycles. The number of nitrogens with one attached hydrogen (secondary N) is 2. The minimum Gasteiger partial charge on any atom is -0.327 e. The maximum Gasteiger partial charge on any atom is 0.279 e. The molecule has 0 bridgehead atoms. The highest BCUT2D eigenvalue weighted by molar-refractivity contribution is 5.91. The van der Waals surface area contributed by atoms with Gasteiger partial charge < -0.3 is 10.2 Å². The third-order valence-corrected chi connectivity index (χ3v) is 5.36. The first-order chi connectivity index (χ1) is 13.5. The molecule has 0 unspecified atom stereocenters. The van der Waals surface area contributed by atoms with Crippen molar-refractivity contribution < 1.29 is 14.1 Å². The Hall–Kier alpha value is -2.80. The van der Waals surface area contributed by atoms with Gasteiger partial charge in [0.1, 0.15) is 11.3 Å². The predicted molar refractivity (Wildman–Crippen MR) is 106 cm³/mol. The summed E-state index contributed by atoms with van der Waals surface area (Å²) in [4.78, 5) is 13.7. The van der Waals surface area contributed by atoms with E-state index in [1.54, 1.807) is 6.07 Å². The number of likely N-dealkylation sites (tertiary alicyclic amines) is 1. The van der Waals surface area contributed by atoms with Crippen LogP contribution in [0.3, 0.4) is 0 Å². The summed E-state index contributed by atoms with van der Waals surface area (Å²) in [5.41, 5.74) is 4.59. The van der Waals surface area contributed by atoms with E-state index in [2.05, 4.69) is 21.7 Å². The molecule has 0 atom stereocenters. The maximum atomic E-state index is 13.3. The van der Waals surface area contributed by atoms with Crippen LogP contribution in [0.15, 0.2) is 36.4 Å². The normalized spacial score (nSPS) is 19.7. The lowest BCUT2D eigenvalue weighted by atomic mass is 10.0. The van der Waals surface area contributed by atoms with E-state index in [9.17, 15) is 9.18 Å². The zero-order chi connectivity index (χ0) is 19.7. The van der Waals surface area contributed by atoms with Gasteiger partial charge in [0.25, 0.3) is 5.91 Å². The number of rotatable bonds is 4. The topological polar surface area (TPSA) is 64.2 Å². The third-order valence-electron chi connectivity index (χ3n) is 5.36. The lowest BCUT2D eigenvalue weighted by Gasteiger charge is -2.29. The van der Waals surface area contributed by atoms with E-state index in [0.29, 0.717) is 12.1 Å². The summed E-state index contributed by atoms with van der Waals surface area (Å²) < 4.78 is 15.2. The lowest BCUT2D eigenvalue weighted by molar-refractivity contribution is -0.897. The Balaban J connectivity index is 1.34. The summed E-state index contributed by atoms with van der Waals surface area (Å²) in [5, 5.41) is 11.3. The number of amides is 1. The van der Waals surface area contributed by atoms with Gasteiger partial charge in [-0.25, -0.2) is 9.07 Å². The molecule has 3 aromatic rings. The standard InChI is InChI=1S/C21H24FN5O/c1-14-9-15(2)11-17(10-14)23-21(28)13-26-7-5-18(6-8-26)27-20-4-3-16(22)12-19(20)24-25-27/h3-4,9-12,18H,5-8,13H2,1-2H3,(H,23,28)/p+1. The summed E-state index contributed by atoms with van der Waals surface area (Å²) in [5.74, 6) is -0.256. The molecular formula is C21H25FN5O+. The Labute approximate surface area is 163 Å². The average molecular weight is 382 g/mol. The van der Waals surface area contributed by atoms with Gasteiger partial charge in [-0.05, 0) is 49.2 Å². The molecule has 1 aromatic heterocycles. The number of fused-ring (bicyclic) bond motifs is 1. The van der Waals surface area contributed by atoms with Gasteiger partial charge in [0, 0.05) is 24.6 Å². The molecule has 7 heteroatoms. The van der Waals surface area contributed by atoms with Crippen molar-refractivity contribution in [1.82, 2.24) is 15.0 Å². The predicted octanol–water partition coefficient (Wildman–Crippen LogP) is 2.05. The van der Waals surface area contributed by atoms with E-state index in [1.807, 2.05) is 30.7 Å². The molecule has 6 nitrogen and oxygen atoms in total. The lowest BCUT2D eigenvalue weighted by Crippen LogP contribution is -3.14. The molecule has 28 heavy (non-hydrogen) atoms. The first-order valence-corrected chi connectivity index (χ1v) is 9.70. The number of aryl methyl sites for hydroxylation is 2. The highest BCUT2D eigenvalue weighted by Crippen LogP contribution is 2.22. The fourth-order valence-electron chi connectivity index (χ4n) is 4.10. The van der Waals surface area contributed by atoms with Crippen LogP contribution in [0.5, 0.6) is 0 Å². The van der Waals surface area contributed by atoms with Crippen LogP contribution in [-0.2, 0) is 4.79 Å². The molecule has 1 aliphatic rings. The number of carbonyl (C=O) groups excluding carboxylic acids is 1. The Bertz CT molecular complexity index is 987. The largest absolute Gasteiger partial charge is 0.327 e. The van der Waals surface area contributed by atoms with E-state index in [1.165, 1.54) is 17.0 Å². The number of hydrogen-bond acceptors (Lipinski definition) is 3. The number of carbonyl (C=O) groups is 1. The molecule has 1 aliphatic heterocycles. The number of piperidine rings is 1. The number of hydrogen-bond donors (Lipinski definition) is 2. The van der Waals surface area contributed by atoms with Gasteiger partial charge in [0.15, 0.2) is 6.54 Å². The van der Waals surface area contributed by atoms with E-state index in [4.69, 9.17) is 0 Å². The van der Waals surface area contributed by atoms with Gasteiger partial charge >= 0.3 is 0 Å². The van der Waals surface area contributed by atoms with Gasteiger partial charge in [-0.3, -0.25) is 4.79 Å². The quantitative estimate of drug-likeness (QED) is 0.726. The fraction of sp³-hybridized carbons (Fsp3) is 0.381. The van der Waals surface area contributed by atoms with Crippen LogP contribution < -0.4 is 10.2 Å². The van der Waals surface area contributed by atoms with Crippen molar-refractivity contribution in [2.24, 2.45) is 0 Å². The Morgan fingerprint density at radius 2 is 1.89 bits per heavy atom. The van der Waals surface area contributed by atoms with Gasteiger partial charge in [0.05, 0.1) is 24.6 Å². The summed E-state index contributed by atoms with van der Waals surface area (Å²) in [6.45, 7) is 6.31. The average Bonchev–Trinajstić information content (AvgIpc) is 3.04. The Morgan fingerprint density at radius 1 is 1.18 bits per heavy atom. The maximum absolute atomic E-state index is 13.3. The van der Waals surface area contributed by atoms with Crippen molar-refractivity contribution in [1.29, 1.82) is 0 Å².